The molecule has 0 aliphatic carbocycles. The predicted octanol–water partition coefficient (Wildman–Crippen LogP) is 3.74. The van der Waals surface area contributed by atoms with E-state index in [9.17, 15) is 0 Å². The van der Waals surface area contributed by atoms with Crippen LogP contribution in [0.2, 0.25) is 0 Å². The number of hydrogen-bond acceptors (Lipinski definition) is 3. The Morgan fingerprint density at radius 3 is 2.42 bits per heavy atom. The summed E-state index contributed by atoms with van der Waals surface area (Å²) in [5, 5.41) is 6.64. The number of methoxy groups -OCH3 is 1. The highest BCUT2D eigenvalue weighted by Crippen LogP contribution is 2.14. The maximum absolute atomic E-state index is 5.67. The summed E-state index contributed by atoms with van der Waals surface area (Å²) in [5.41, 5.74) is 2.28. The zero-order chi connectivity index (χ0) is 18.8. The average molecular weight is 355 g/mol. The molecule has 2 rings (SSSR count). The number of nitrogens with one attached hydrogen (secondary N) is 2. The molecule has 5 heteroatoms. The van der Waals surface area contributed by atoms with Gasteiger partial charge in [-0.15, -0.1) is 0 Å². The monoisotopic (exact) mass is 355 g/mol. The van der Waals surface area contributed by atoms with Crippen molar-refractivity contribution in [2.24, 2.45) is 4.99 Å². The van der Waals surface area contributed by atoms with Crippen molar-refractivity contribution < 1.29 is 9.47 Å². The quantitative estimate of drug-likeness (QED) is 0.559. The van der Waals surface area contributed by atoms with E-state index < -0.39 is 0 Å². The van der Waals surface area contributed by atoms with Crippen molar-refractivity contribution in [1.82, 2.24) is 10.6 Å². The molecular formula is C21H29N3O2. The van der Waals surface area contributed by atoms with Gasteiger partial charge in [-0.1, -0.05) is 24.3 Å². The first-order chi connectivity index (χ1) is 12.6. The molecule has 2 aromatic rings. The zero-order valence-corrected chi connectivity index (χ0v) is 16.1. The van der Waals surface area contributed by atoms with Gasteiger partial charge in [-0.2, -0.15) is 0 Å². The van der Waals surface area contributed by atoms with Crippen molar-refractivity contribution in [2.75, 3.05) is 13.7 Å². The van der Waals surface area contributed by atoms with E-state index in [2.05, 4.69) is 34.7 Å². The number of benzene rings is 2. The van der Waals surface area contributed by atoms with Crippen LogP contribution in [0.15, 0.2) is 53.5 Å². The van der Waals surface area contributed by atoms with Crippen LogP contribution in [0.1, 0.15) is 31.9 Å². The van der Waals surface area contributed by atoms with Crippen LogP contribution in [0.5, 0.6) is 11.5 Å². The summed E-state index contributed by atoms with van der Waals surface area (Å²) < 4.78 is 10.9. The van der Waals surface area contributed by atoms with Gasteiger partial charge in [0.2, 0.25) is 0 Å². The van der Waals surface area contributed by atoms with Gasteiger partial charge >= 0.3 is 0 Å². The molecule has 0 fully saturated rings. The third-order valence-corrected chi connectivity index (χ3v) is 3.65. The van der Waals surface area contributed by atoms with E-state index in [-0.39, 0.29) is 6.10 Å². The lowest BCUT2D eigenvalue weighted by atomic mass is 10.2. The minimum atomic E-state index is 0.183. The Kier molecular flexibility index (Phi) is 7.80. The van der Waals surface area contributed by atoms with Crippen molar-refractivity contribution in [3.05, 3.63) is 59.7 Å². The summed E-state index contributed by atoms with van der Waals surface area (Å²) in [6.07, 6.45) is 0.183. The maximum atomic E-state index is 5.67. The summed E-state index contributed by atoms with van der Waals surface area (Å²) in [5.74, 6) is 2.53. The van der Waals surface area contributed by atoms with E-state index in [0.717, 1.165) is 29.6 Å². The van der Waals surface area contributed by atoms with Crippen LogP contribution in [0.25, 0.3) is 0 Å². The third kappa shape index (κ3) is 6.67. The molecule has 5 nitrogen and oxygen atoms in total. The standard InChI is InChI=1S/C21H29N3O2/c1-5-22-21(24-15-18-7-6-8-20(13-18)25-4)23-14-17-9-11-19(12-10-17)26-16(2)3/h6-13,16H,5,14-15H2,1-4H3,(H2,22,23,24). The van der Waals surface area contributed by atoms with Crippen LogP contribution in [0, 0.1) is 0 Å². The molecule has 0 heterocycles. The molecule has 0 bridgehead atoms. The van der Waals surface area contributed by atoms with Gasteiger partial charge in [0, 0.05) is 13.1 Å². The normalized spacial score (nSPS) is 11.3. The molecular weight excluding hydrogens is 326 g/mol. The van der Waals surface area contributed by atoms with E-state index in [4.69, 9.17) is 9.47 Å². The smallest absolute Gasteiger partial charge is 0.191 e. The topological polar surface area (TPSA) is 54.9 Å². The Bertz CT molecular complexity index is 697. The summed E-state index contributed by atoms with van der Waals surface area (Å²) in [4.78, 5) is 4.65. The number of guanidine groups is 1. The first kappa shape index (κ1) is 19.6. The number of aliphatic imine (C=N–C) groups is 1. The Balaban J connectivity index is 1.94. The van der Waals surface area contributed by atoms with Crippen LogP contribution < -0.4 is 20.1 Å². The second kappa shape index (κ2) is 10.3. The molecule has 0 unspecified atom stereocenters. The molecule has 26 heavy (non-hydrogen) atoms. The first-order valence-electron chi connectivity index (χ1n) is 9.01. The number of nitrogens with zero attached hydrogens (tertiary/aromatic N) is 1. The molecule has 0 atom stereocenters. The Labute approximate surface area is 156 Å². The van der Waals surface area contributed by atoms with Crippen molar-refractivity contribution >= 4 is 5.96 Å². The molecule has 2 aromatic carbocycles. The van der Waals surface area contributed by atoms with Gasteiger partial charge < -0.3 is 20.1 Å². The van der Waals surface area contributed by atoms with Gasteiger partial charge in [-0.05, 0) is 56.2 Å². The molecule has 0 spiro atoms. The number of rotatable bonds is 8. The van der Waals surface area contributed by atoms with Gasteiger partial charge in [-0.25, -0.2) is 4.99 Å². The second-order valence-electron chi connectivity index (χ2n) is 6.21. The molecule has 0 saturated heterocycles. The van der Waals surface area contributed by atoms with Crippen molar-refractivity contribution in [3.63, 3.8) is 0 Å². The molecule has 0 radical (unpaired) electrons. The van der Waals surface area contributed by atoms with E-state index in [1.165, 1.54) is 5.56 Å². The SMILES string of the molecule is CCNC(=NCc1cccc(OC)c1)NCc1ccc(OC(C)C)cc1. The maximum Gasteiger partial charge on any atom is 0.191 e. The van der Waals surface area contributed by atoms with Crippen LogP contribution in [-0.2, 0) is 13.1 Å². The highest BCUT2D eigenvalue weighted by Gasteiger charge is 2.01. The fourth-order valence-electron chi connectivity index (χ4n) is 2.43. The van der Waals surface area contributed by atoms with Crippen LogP contribution in [0.4, 0.5) is 0 Å². The van der Waals surface area contributed by atoms with E-state index in [1.807, 2.05) is 50.2 Å². The number of ether oxygens (including phenoxy) is 2. The van der Waals surface area contributed by atoms with Crippen molar-refractivity contribution in [2.45, 2.75) is 40.0 Å². The van der Waals surface area contributed by atoms with Crippen LogP contribution in [-0.4, -0.2) is 25.7 Å². The fraction of sp³-hybridized carbons (Fsp3) is 0.381. The molecule has 2 N–H and O–H groups in total. The summed E-state index contributed by atoms with van der Waals surface area (Å²) in [6, 6.07) is 16.1. The van der Waals surface area contributed by atoms with Gasteiger partial charge in [0.05, 0.1) is 19.8 Å². The first-order valence-corrected chi connectivity index (χ1v) is 9.01. The van der Waals surface area contributed by atoms with Crippen molar-refractivity contribution in [3.8, 4) is 11.5 Å². The van der Waals surface area contributed by atoms with Gasteiger partial charge in [-0.3, -0.25) is 0 Å². The lowest BCUT2D eigenvalue weighted by molar-refractivity contribution is 0.242. The molecule has 140 valence electrons. The lowest BCUT2D eigenvalue weighted by Crippen LogP contribution is -2.36. The molecule has 0 aliphatic heterocycles. The zero-order valence-electron chi connectivity index (χ0n) is 16.1. The fourth-order valence-corrected chi connectivity index (χ4v) is 2.43. The molecule has 0 aromatic heterocycles. The molecule has 0 amide bonds. The van der Waals surface area contributed by atoms with Gasteiger partial charge in [0.25, 0.3) is 0 Å². The minimum absolute atomic E-state index is 0.183. The summed E-state index contributed by atoms with van der Waals surface area (Å²) in [7, 11) is 1.67. The molecule has 0 saturated carbocycles. The minimum Gasteiger partial charge on any atom is -0.497 e. The Hall–Kier alpha value is -2.69. The number of hydrogen-bond donors (Lipinski definition) is 2. The average Bonchev–Trinajstić information content (AvgIpc) is 2.65. The van der Waals surface area contributed by atoms with E-state index >= 15 is 0 Å². The Morgan fingerprint density at radius 1 is 1.00 bits per heavy atom. The van der Waals surface area contributed by atoms with Gasteiger partial charge in [0.15, 0.2) is 5.96 Å². The van der Waals surface area contributed by atoms with E-state index in [1.54, 1.807) is 7.11 Å². The largest absolute Gasteiger partial charge is 0.497 e. The highest BCUT2D eigenvalue weighted by molar-refractivity contribution is 5.79. The van der Waals surface area contributed by atoms with Crippen LogP contribution in [0.3, 0.4) is 0 Å². The predicted molar refractivity (Wildman–Crippen MR) is 107 cm³/mol. The Morgan fingerprint density at radius 2 is 1.77 bits per heavy atom. The second-order valence-corrected chi connectivity index (χ2v) is 6.21. The van der Waals surface area contributed by atoms with Gasteiger partial charge in [0.1, 0.15) is 11.5 Å². The van der Waals surface area contributed by atoms with Crippen molar-refractivity contribution in [1.29, 1.82) is 0 Å². The third-order valence-electron chi connectivity index (χ3n) is 3.65. The summed E-state index contributed by atoms with van der Waals surface area (Å²) in [6.45, 7) is 8.21. The lowest BCUT2D eigenvalue weighted by Gasteiger charge is -2.13. The summed E-state index contributed by atoms with van der Waals surface area (Å²) >= 11 is 0. The van der Waals surface area contributed by atoms with Crippen LogP contribution >= 0.6 is 0 Å². The highest BCUT2D eigenvalue weighted by atomic mass is 16.5. The molecule has 0 aliphatic rings. The van der Waals surface area contributed by atoms with E-state index in [0.29, 0.717) is 13.1 Å².